The maximum absolute atomic E-state index is 13.3. The van der Waals surface area contributed by atoms with Gasteiger partial charge < -0.3 is 15.4 Å². The maximum atomic E-state index is 13.3. The molecule has 2 heterocycles. The smallest absolute Gasteiger partial charge is 0.381 e. The molecule has 3 nitrogen and oxygen atoms in total. The number of halogens is 6. The molecule has 5 atom stereocenters. The van der Waals surface area contributed by atoms with E-state index in [1.165, 1.54) is 6.07 Å². The third-order valence-electron chi connectivity index (χ3n) is 6.19. The summed E-state index contributed by atoms with van der Waals surface area (Å²) >= 11 is 0. The van der Waals surface area contributed by atoms with Crippen molar-refractivity contribution in [2.45, 2.75) is 49.9 Å². The molecular weight excluding hydrogens is 422 g/mol. The van der Waals surface area contributed by atoms with Gasteiger partial charge in [0.1, 0.15) is 0 Å². The molecule has 31 heavy (non-hydrogen) atoms. The molecule has 2 aliphatic heterocycles. The third kappa shape index (κ3) is 5.09. The lowest BCUT2D eigenvalue weighted by Gasteiger charge is -2.47. The predicted molar refractivity (Wildman–Crippen MR) is 105 cm³/mol. The van der Waals surface area contributed by atoms with Gasteiger partial charge in [-0.05, 0) is 37.5 Å². The Morgan fingerprint density at radius 1 is 1.06 bits per heavy atom. The van der Waals surface area contributed by atoms with Gasteiger partial charge in [-0.25, -0.2) is 0 Å². The quantitative estimate of drug-likeness (QED) is 0.589. The van der Waals surface area contributed by atoms with Gasteiger partial charge in [0.2, 0.25) is 0 Å². The van der Waals surface area contributed by atoms with Gasteiger partial charge in [-0.3, -0.25) is 0 Å². The molecule has 1 aromatic rings. The van der Waals surface area contributed by atoms with Gasteiger partial charge in [-0.1, -0.05) is 24.3 Å². The van der Waals surface area contributed by atoms with Crippen LogP contribution < -0.4 is 10.6 Å². The molecule has 1 unspecified atom stereocenters. The first kappa shape index (κ1) is 22.2. The van der Waals surface area contributed by atoms with Crippen molar-refractivity contribution in [3.63, 3.8) is 0 Å². The summed E-state index contributed by atoms with van der Waals surface area (Å²) in [4.78, 5) is 0. The largest absolute Gasteiger partial charge is 0.416 e. The van der Waals surface area contributed by atoms with Gasteiger partial charge in [0.15, 0.2) is 0 Å². The lowest BCUT2D eigenvalue weighted by atomic mass is 9.73. The molecule has 9 heteroatoms. The third-order valence-corrected chi connectivity index (χ3v) is 6.19. The van der Waals surface area contributed by atoms with Crippen molar-refractivity contribution in [1.29, 1.82) is 0 Å². The van der Waals surface area contributed by atoms with Crippen LogP contribution in [0.3, 0.4) is 0 Å². The van der Waals surface area contributed by atoms with Crippen LogP contribution in [0.1, 0.15) is 36.5 Å². The average Bonchev–Trinajstić information content (AvgIpc) is 2.72. The molecular formula is C22H24F6N2O. The average molecular weight is 446 g/mol. The van der Waals surface area contributed by atoms with Gasteiger partial charge in [0.05, 0.1) is 24.3 Å². The summed E-state index contributed by atoms with van der Waals surface area (Å²) in [5.74, 6) is 0.0902. The standard InChI is InChI=1S/C22H24F6N2O/c23-21(24,25)12-29-11-15-7-8-16-19(13-4-2-1-3-5-13)30-18-9-6-14(22(26,27)28)10-17(18)20(16)31-15/h1-4,6,9-10,13,15-16,19-20,29-30H,5,7-8,11-12H2/t13?,15-,16+,19+,20+/m1/s1. The van der Waals surface area contributed by atoms with E-state index in [1.54, 1.807) is 0 Å². The first-order valence-corrected chi connectivity index (χ1v) is 10.4. The summed E-state index contributed by atoms with van der Waals surface area (Å²) in [7, 11) is 0. The summed E-state index contributed by atoms with van der Waals surface area (Å²) in [6.45, 7) is -1.12. The molecule has 0 saturated carbocycles. The number of rotatable bonds is 4. The minimum Gasteiger partial charge on any atom is -0.381 e. The van der Waals surface area contributed by atoms with E-state index in [0.29, 0.717) is 24.1 Å². The Kier molecular flexibility index (Phi) is 6.09. The summed E-state index contributed by atoms with van der Waals surface area (Å²) in [5, 5.41) is 5.78. The normalized spacial score (nSPS) is 30.5. The molecule has 0 bridgehead atoms. The fourth-order valence-corrected chi connectivity index (χ4v) is 4.79. The van der Waals surface area contributed by atoms with Gasteiger partial charge in [-0.15, -0.1) is 0 Å². The van der Waals surface area contributed by atoms with E-state index < -0.39 is 36.7 Å². The fraction of sp³-hybridized carbons (Fsp3) is 0.545. The van der Waals surface area contributed by atoms with Crippen molar-refractivity contribution >= 4 is 5.69 Å². The van der Waals surface area contributed by atoms with Crippen LogP contribution in [0.25, 0.3) is 0 Å². The second kappa shape index (κ2) is 8.50. The van der Waals surface area contributed by atoms with Crippen LogP contribution in [0.2, 0.25) is 0 Å². The number of hydrogen-bond donors (Lipinski definition) is 2. The summed E-state index contributed by atoms with van der Waals surface area (Å²) < 4.78 is 83.4. The predicted octanol–water partition coefficient (Wildman–Crippen LogP) is 5.62. The number of anilines is 1. The zero-order chi connectivity index (χ0) is 22.2. The Balaban J connectivity index is 1.59. The van der Waals surface area contributed by atoms with E-state index in [1.807, 2.05) is 12.2 Å². The minimum atomic E-state index is -4.49. The van der Waals surface area contributed by atoms with Crippen LogP contribution in [0.15, 0.2) is 42.5 Å². The highest BCUT2D eigenvalue weighted by Gasteiger charge is 2.45. The van der Waals surface area contributed by atoms with E-state index in [-0.39, 0.29) is 24.4 Å². The van der Waals surface area contributed by atoms with Crippen molar-refractivity contribution in [3.05, 3.63) is 53.6 Å². The number of alkyl halides is 6. The van der Waals surface area contributed by atoms with Crippen LogP contribution in [0.4, 0.5) is 32.0 Å². The van der Waals surface area contributed by atoms with Gasteiger partial charge in [-0.2, -0.15) is 26.3 Å². The zero-order valence-corrected chi connectivity index (χ0v) is 16.6. The number of fused-ring (bicyclic) bond motifs is 3. The Morgan fingerprint density at radius 2 is 1.87 bits per heavy atom. The Hall–Kier alpha value is -2.00. The SMILES string of the molecule is FC(F)(F)CNC[C@H]1CC[C@@H]2[C@H](O1)c1cc(C(F)(F)F)ccc1N[C@H]2C1C=CC=CC1. The number of benzene rings is 1. The second-order valence-corrected chi connectivity index (χ2v) is 8.35. The van der Waals surface area contributed by atoms with Crippen molar-refractivity contribution in [2.24, 2.45) is 11.8 Å². The van der Waals surface area contributed by atoms with E-state index >= 15 is 0 Å². The Bertz CT molecular complexity index is 847. The van der Waals surface area contributed by atoms with Crippen molar-refractivity contribution in [3.8, 4) is 0 Å². The first-order chi connectivity index (χ1) is 14.6. The molecule has 4 rings (SSSR count). The molecule has 0 spiro atoms. The fourth-order valence-electron chi connectivity index (χ4n) is 4.79. The Morgan fingerprint density at radius 3 is 2.55 bits per heavy atom. The summed E-state index contributed by atoms with van der Waals surface area (Å²) in [5.41, 5.74) is 0.254. The number of hydrogen-bond acceptors (Lipinski definition) is 3. The molecule has 1 saturated heterocycles. The summed E-state index contributed by atoms with van der Waals surface area (Å²) in [6, 6.07) is 3.56. The maximum Gasteiger partial charge on any atom is 0.416 e. The lowest BCUT2D eigenvalue weighted by Crippen LogP contribution is -2.48. The van der Waals surface area contributed by atoms with Crippen LogP contribution in [0.5, 0.6) is 0 Å². The van der Waals surface area contributed by atoms with Gasteiger partial charge in [0.25, 0.3) is 0 Å². The highest BCUT2D eigenvalue weighted by atomic mass is 19.4. The first-order valence-electron chi connectivity index (χ1n) is 10.4. The van der Waals surface area contributed by atoms with Crippen LogP contribution in [-0.2, 0) is 10.9 Å². The molecule has 1 aliphatic carbocycles. The van der Waals surface area contributed by atoms with Gasteiger partial charge >= 0.3 is 12.4 Å². The van der Waals surface area contributed by atoms with Crippen molar-refractivity contribution in [1.82, 2.24) is 5.32 Å². The lowest BCUT2D eigenvalue weighted by molar-refractivity contribution is -0.138. The molecule has 0 aromatic heterocycles. The zero-order valence-electron chi connectivity index (χ0n) is 16.6. The van der Waals surface area contributed by atoms with Crippen molar-refractivity contribution < 1.29 is 31.1 Å². The molecule has 0 radical (unpaired) electrons. The molecule has 1 aromatic carbocycles. The number of ether oxygens (including phenoxy) is 1. The minimum absolute atomic E-state index is 0.00118. The number of nitrogens with one attached hydrogen (secondary N) is 2. The van der Waals surface area contributed by atoms with E-state index in [4.69, 9.17) is 4.74 Å². The Labute approximate surface area is 176 Å². The monoisotopic (exact) mass is 446 g/mol. The molecule has 0 amide bonds. The molecule has 2 N–H and O–H groups in total. The molecule has 170 valence electrons. The van der Waals surface area contributed by atoms with Gasteiger partial charge in [0, 0.05) is 35.7 Å². The molecule has 1 fully saturated rings. The highest BCUT2D eigenvalue weighted by Crippen LogP contribution is 2.49. The van der Waals surface area contributed by atoms with Crippen molar-refractivity contribution in [2.75, 3.05) is 18.4 Å². The van der Waals surface area contributed by atoms with E-state index in [2.05, 4.69) is 22.8 Å². The van der Waals surface area contributed by atoms with Crippen LogP contribution >= 0.6 is 0 Å². The van der Waals surface area contributed by atoms with Crippen LogP contribution in [0, 0.1) is 11.8 Å². The topological polar surface area (TPSA) is 33.3 Å². The van der Waals surface area contributed by atoms with Crippen LogP contribution in [-0.4, -0.2) is 31.4 Å². The summed E-state index contributed by atoms with van der Waals surface area (Å²) in [6.07, 6.45) is 0.158. The van der Waals surface area contributed by atoms with E-state index in [0.717, 1.165) is 18.6 Å². The highest BCUT2D eigenvalue weighted by molar-refractivity contribution is 5.58. The molecule has 3 aliphatic rings. The number of allylic oxidation sites excluding steroid dienone is 3. The second-order valence-electron chi connectivity index (χ2n) is 8.35. The van der Waals surface area contributed by atoms with E-state index in [9.17, 15) is 26.3 Å².